The highest BCUT2D eigenvalue weighted by Crippen LogP contribution is 2.13. The molecule has 98 valence electrons. The van der Waals surface area contributed by atoms with Crippen LogP contribution in [0, 0.1) is 6.92 Å². The molecule has 2 aromatic carbocycles. The number of hydrogen-bond acceptors (Lipinski definition) is 1. The van der Waals surface area contributed by atoms with Gasteiger partial charge in [-0.15, -0.1) is 0 Å². The van der Waals surface area contributed by atoms with Crippen LogP contribution in [0.15, 0.2) is 54.6 Å². The molecule has 0 aliphatic heterocycles. The monoisotopic (exact) mass is 252 g/mol. The molecule has 2 rings (SSSR count). The molecule has 0 saturated heterocycles. The average molecular weight is 252 g/mol. The molecule has 0 aliphatic rings. The third kappa shape index (κ3) is 4.29. The second-order valence-electron chi connectivity index (χ2n) is 4.70. The topological polar surface area (TPSA) is 9.23 Å². The first-order valence-electron chi connectivity index (χ1n) is 6.64. The highest BCUT2D eigenvalue weighted by Gasteiger charge is 1.93. The first-order valence-corrected chi connectivity index (χ1v) is 6.64. The van der Waals surface area contributed by atoms with Crippen LogP contribution in [0.5, 0.6) is 5.75 Å². The lowest BCUT2D eigenvalue weighted by molar-refractivity contribution is 0.414. The van der Waals surface area contributed by atoms with E-state index < -0.39 is 0 Å². The van der Waals surface area contributed by atoms with E-state index in [1.165, 1.54) is 16.7 Å². The van der Waals surface area contributed by atoms with Gasteiger partial charge in [0.2, 0.25) is 0 Å². The summed E-state index contributed by atoms with van der Waals surface area (Å²) in [6, 6.07) is 16.9. The van der Waals surface area contributed by atoms with Gasteiger partial charge in [-0.1, -0.05) is 54.1 Å². The lowest BCUT2D eigenvalue weighted by atomic mass is 10.1. The number of methoxy groups -OCH3 is 1. The van der Waals surface area contributed by atoms with Crippen LogP contribution in [0.25, 0.3) is 6.08 Å². The summed E-state index contributed by atoms with van der Waals surface area (Å²) in [5.41, 5.74) is 3.91. The molecule has 0 amide bonds. The van der Waals surface area contributed by atoms with Gasteiger partial charge in [0.05, 0.1) is 7.11 Å². The van der Waals surface area contributed by atoms with Gasteiger partial charge in [0, 0.05) is 0 Å². The first-order chi connectivity index (χ1) is 9.28. The first kappa shape index (κ1) is 13.4. The maximum absolute atomic E-state index is 5.15. The van der Waals surface area contributed by atoms with Gasteiger partial charge in [-0.2, -0.15) is 0 Å². The Bertz CT molecular complexity index is 521. The van der Waals surface area contributed by atoms with Crippen molar-refractivity contribution < 1.29 is 4.74 Å². The van der Waals surface area contributed by atoms with E-state index in [2.05, 4.69) is 55.5 Å². The number of allylic oxidation sites excluding steroid dienone is 1. The Morgan fingerprint density at radius 3 is 2.26 bits per heavy atom. The Labute approximate surface area is 115 Å². The Morgan fingerprint density at radius 1 is 0.947 bits per heavy atom. The minimum absolute atomic E-state index is 0.916. The molecule has 0 saturated carbocycles. The lowest BCUT2D eigenvalue weighted by Gasteiger charge is -2.01. The van der Waals surface area contributed by atoms with Crippen molar-refractivity contribution in [1.29, 1.82) is 0 Å². The fourth-order valence-corrected chi connectivity index (χ4v) is 1.94. The van der Waals surface area contributed by atoms with Gasteiger partial charge in [-0.25, -0.2) is 0 Å². The Balaban J connectivity index is 1.83. The zero-order chi connectivity index (χ0) is 13.5. The van der Waals surface area contributed by atoms with Crippen molar-refractivity contribution >= 4 is 6.08 Å². The molecule has 2 aromatic rings. The molecule has 0 N–H and O–H groups in total. The minimum atomic E-state index is 0.916. The van der Waals surface area contributed by atoms with Crippen LogP contribution < -0.4 is 4.74 Å². The lowest BCUT2D eigenvalue weighted by Crippen LogP contribution is -1.85. The van der Waals surface area contributed by atoms with Gasteiger partial charge < -0.3 is 4.74 Å². The van der Waals surface area contributed by atoms with Crippen LogP contribution in [-0.2, 0) is 6.42 Å². The van der Waals surface area contributed by atoms with Crippen LogP contribution in [0.1, 0.15) is 23.1 Å². The number of rotatable bonds is 5. The molecule has 1 nitrogen and oxygen atoms in total. The predicted molar refractivity (Wildman–Crippen MR) is 81.5 cm³/mol. The summed E-state index contributed by atoms with van der Waals surface area (Å²) in [6.07, 6.45) is 6.53. The quantitative estimate of drug-likeness (QED) is 0.752. The van der Waals surface area contributed by atoms with Gasteiger partial charge in [-0.05, 0) is 43.0 Å². The smallest absolute Gasteiger partial charge is 0.118 e. The molecule has 0 fully saturated rings. The number of benzene rings is 2. The van der Waals surface area contributed by atoms with Crippen LogP contribution in [-0.4, -0.2) is 7.11 Å². The highest BCUT2D eigenvalue weighted by molar-refractivity contribution is 5.49. The van der Waals surface area contributed by atoms with E-state index in [0.29, 0.717) is 0 Å². The average Bonchev–Trinajstić information content (AvgIpc) is 2.46. The molecule has 1 heteroatoms. The standard InChI is InChI=1S/C18H20O/c1-15-7-9-16(10-8-15)5-3-4-6-17-11-13-18(19-2)14-12-17/h3,5,7-14H,4,6H2,1-2H3/b5-3+. The van der Waals surface area contributed by atoms with Gasteiger partial charge >= 0.3 is 0 Å². The zero-order valence-corrected chi connectivity index (χ0v) is 11.6. The van der Waals surface area contributed by atoms with E-state index in [9.17, 15) is 0 Å². The maximum atomic E-state index is 5.15. The summed E-state index contributed by atoms with van der Waals surface area (Å²) >= 11 is 0. The van der Waals surface area contributed by atoms with Gasteiger partial charge in [0.15, 0.2) is 0 Å². The number of aryl methyl sites for hydroxylation is 2. The van der Waals surface area contributed by atoms with Crippen molar-refractivity contribution in [2.75, 3.05) is 7.11 Å². The highest BCUT2D eigenvalue weighted by atomic mass is 16.5. The summed E-state index contributed by atoms with van der Waals surface area (Å²) in [5, 5.41) is 0. The zero-order valence-electron chi connectivity index (χ0n) is 11.6. The van der Waals surface area contributed by atoms with Crippen molar-refractivity contribution in [3.05, 3.63) is 71.3 Å². The van der Waals surface area contributed by atoms with Crippen molar-refractivity contribution in [1.82, 2.24) is 0 Å². The Morgan fingerprint density at radius 2 is 1.63 bits per heavy atom. The fourth-order valence-electron chi connectivity index (χ4n) is 1.94. The Kier molecular flexibility index (Phi) is 4.79. The van der Waals surface area contributed by atoms with E-state index in [1.54, 1.807) is 7.11 Å². The third-order valence-electron chi connectivity index (χ3n) is 3.15. The van der Waals surface area contributed by atoms with Crippen molar-refractivity contribution in [3.63, 3.8) is 0 Å². The van der Waals surface area contributed by atoms with Crippen LogP contribution in [0.2, 0.25) is 0 Å². The van der Waals surface area contributed by atoms with Crippen LogP contribution in [0.4, 0.5) is 0 Å². The predicted octanol–water partition coefficient (Wildman–Crippen LogP) is 4.65. The maximum Gasteiger partial charge on any atom is 0.118 e. The molecule has 0 spiro atoms. The molecule has 19 heavy (non-hydrogen) atoms. The summed E-state index contributed by atoms with van der Waals surface area (Å²) in [6.45, 7) is 2.11. The second-order valence-corrected chi connectivity index (χ2v) is 4.70. The third-order valence-corrected chi connectivity index (χ3v) is 3.15. The molecule has 0 heterocycles. The van der Waals surface area contributed by atoms with Gasteiger partial charge in [-0.3, -0.25) is 0 Å². The second kappa shape index (κ2) is 6.79. The molecule has 0 aromatic heterocycles. The summed E-state index contributed by atoms with van der Waals surface area (Å²) < 4.78 is 5.15. The van der Waals surface area contributed by atoms with E-state index >= 15 is 0 Å². The van der Waals surface area contributed by atoms with E-state index in [0.717, 1.165) is 18.6 Å². The fraction of sp³-hybridized carbons (Fsp3) is 0.222. The summed E-state index contributed by atoms with van der Waals surface area (Å²) in [7, 11) is 1.69. The van der Waals surface area contributed by atoms with Gasteiger partial charge in [0.1, 0.15) is 5.75 Å². The number of ether oxygens (including phenoxy) is 1. The SMILES string of the molecule is COc1ccc(CC/C=C/c2ccc(C)cc2)cc1. The number of hydrogen-bond donors (Lipinski definition) is 0. The van der Waals surface area contributed by atoms with Crippen LogP contribution in [0.3, 0.4) is 0 Å². The summed E-state index contributed by atoms with van der Waals surface area (Å²) in [4.78, 5) is 0. The van der Waals surface area contributed by atoms with Gasteiger partial charge in [0.25, 0.3) is 0 Å². The van der Waals surface area contributed by atoms with Crippen LogP contribution >= 0.6 is 0 Å². The van der Waals surface area contributed by atoms with E-state index in [4.69, 9.17) is 4.74 Å². The van der Waals surface area contributed by atoms with Crippen molar-refractivity contribution in [2.45, 2.75) is 19.8 Å². The van der Waals surface area contributed by atoms with E-state index in [-0.39, 0.29) is 0 Å². The summed E-state index contributed by atoms with van der Waals surface area (Å²) in [5.74, 6) is 0.916. The molecular formula is C18H20O. The Hall–Kier alpha value is -2.02. The van der Waals surface area contributed by atoms with Crippen molar-refractivity contribution in [2.24, 2.45) is 0 Å². The van der Waals surface area contributed by atoms with E-state index in [1.807, 2.05) is 12.1 Å². The molecule has 0 radical (unpaired) electrons. The molecule has 0 unspecified atom stereocenters. The minimum Gasteiger partial charge on any atom is -0.497 e. The molecular weight excluding hydrogens is 232 g/mol. The normalized spacial score (nSPS) is 10.8. The van der Waals surface area contributed by atoms with Crippen molar-refractivity contribution in [3.8, 4) is 5.75 Å². The molecule has 0 bridgehead atoms. The largest absolute Gasteiger partial charge is 0.497 e. The molecule has 0 aliphatic carbocycles. The molecule has 0 atom stereocenters.